The standard InChI is InChI=1S/C17H32N4O2.HI/c1-4-20-9-6-14(13-20)12-19-17(18-3)21-10-7-15(8-11-21)16(22)23-5-2;/h14-15H,4-13H2,1-3H3,(H,18,19);1H. The number of rotatable bonds is 5. The number of hydrogen-bond acceptors (Lipinski definition) is 4. The molecule has 0 bridgehead atoms. The van der Waals surface area contributed by atoms with Gasteiger partial charge in [-0.15, -0.1) is 24.0 Å². The Morgan fingerprint density at radius 1 is 1.21 bits per heavy atom. The first-order valence-electron chi connectivity index (χ1n) is 9.02. The average Bonchev–Trinajstić information content (AvgIpc) is 3.04. The zero-order valence-corrected chi connectivity index (χ0v) is 17.6. The molecule has 0 amide bonds. The minimum absolute atomic E-state index is 0. The van der Waals surface area contributed by atoms with Crippen LogP contribution in [0.15, 0.2) is 4.99 Å². The summed E-state index contributed by atoms with van der Waals surface area (Å²) in [6.07, 6.45) is 2.97. The van der Waals surface area contributed by atoms with Gasteiger partial charge in [-0.1, -0.05) is 6.92 Å². The number of guanidine groups is 1. The molecule has 24 heavy (non-hydrogen) atoms. The number of likely N-dealkylation sites (tertiary alicyclic amines) is 2. The predicted molar refractivity (Wildman–Crippen MR) is 108 cm³/mol. The highest BCUT2D eigenvalue weighted by molar-refractivity contribution is 14.0. The van der Waals surface area contributed by atoms with E-state index in [1.807, 2.05) is 14.0 Å². The van der Waals surface area contributed by atoms with Crippen LogP contribution in [0.5, 0.6) is 0 Å². The van der Waals surface area contributed by atoms with Crippen molar-refractivity contribution in [2.24, 2.45) is 16.8 Å². The molecule has 0 spiro atoms. The Balaban J connectivity index is 0.00000288. The van der Waals surface area contributed by atoms with Gasteiger partial charge in [-0.05, 0) is 45.2 Å². The van der Waals surface area contributed by atoms with Gasteiger partial charge >= 0.3 is 5.97 Å². The summed E-state index contributed by atoms with van der Waals surface area (Å²) in [6.45, 7) is 10.8. The quantitative estimate of drug-likeness (QED) is 0.299. The van der Waals surface area contributed by atoms with E-state index < -0.39 is 0 Å². The molecule has 0 radical (unpaired) electrons. The number of esters is 1. The van der Waals surface area contributed by atoms with E-state index in [9.17, 15) is 4.79 Å². The van der Waals surface area contributed by atoms with Gasteiger partial charge in [-0.25, -0.2) is 0 Å². The Bertz CT molecular complexity index is 411. The van der Waals surface area contributed by atoms with Crippen LogP contribution in [-0.4, -0.2) is 74.7 Å². The fourth-order valence-corrected chi connectivity index (χ4v) is 3.52. The second-order valence-corrected chi connectivity index (χ2v) is 6.49. The Hall–Kier alpha value is -0.570. The van der Waals surface area contributed by atoms with Crippen molar-refractivity contribution in [3.05, 3.63) is 0 Å². The van der Waals surface area contributed by atoms with Crippen molar-refractivity contribution >= 4 is 35.9 Å². The third kappa shape index (κ3) is 6.06. The van der Waals surface area contributed by atoms with Crippen LogP contribution in [0, 0.1) is 11.8 Å². The number of halogens is 1. The van der Waals surface area contributed by atoms with Gasteiger partial charge in [0.05, 0.1) is 12.5 Å². The molecule has 0 aromatic heterocycles. The minimum atomic E-state index is -0.0410. The van der Waals surface area contributed by atoms with Crippen LogP contribution in [0.4, 0.5) is 0 Å². The third-order valence-electron chi connectivity index (χ3n) is 4.99. The fourth-order valence-electron chi connectivity index (χ4n) is 3.52. The molecule has 0 aliphatic carbocycles. The van der Waals surface area contributed by atoms with Gasteiger partial charge < -0.3 is 19.9 Å². The summed E-state index contributed by atoms with van der Waals surface area (Å²) >= 11 is 0. The maximum atomic E-state index is 11.8. The molecule has 1 N–H and O–H groups in total. The Morgan fingerprint density at radius 3 is 2.46 bits per heavy atom. The molecule has 0 aromatic rings. The Morgan fingerprint density at radius 2 is 1.92 bits per heavy atom. The maximum absolute atomic E-state index is 11.8. The maximum Gasteiger partial charge on any atom is 0.309 e. The van der Waals surface area contributed by atoms with E-state index in [1.165, 1.54) is 19.5 Å². The molecule has 6 nitrogen and oxygen atoms in total. The topological polar surface area (TPSA) is 57.2 Å². The molecule has 2 aliphatic rings. The third-order valence-corrected chi connectivity index (χ3v) is 4.99. The molecule has 1 unspecified atom stereocenters. The smallest absolute Gasteiger partial charge is 0.309 e. The van der Waals surface area contributed by atoms with Crippen molar-refractivity contribution < 1.29 is 9.53 Å². The molecular weight excluding hydrogens is 419 g/mol. The van der Waals surface area contributed by atoms with Crippen LogP contribution in [0.1, 0.15) is 33.1 Å². The number of aliphatic imine (C=N–C) groups is 1. The van der Waals surface area contributed by atoms with E-state index in [4.69, 9.17) is 4.74 Å². The first-order chi connectivity index (χ1) is 11.2. The Labute approximate surface area is 163 Å². The van der Waals surface area contributed by atoms with Gasteiger partial charge in [0.1, 0.15) is 0 Å². The number of hydrogen-bond donors (Lipinski definition) is 1. The number of carbonyl (C=O) groups excluding carboxylic acids is 1. The SMILES string of the molecule is CCOC(=O)C1CCN(C(=NC)NCC2CCN(CC)C2)CC1.I. The van der Waals surface area contributed by atoms with E-state index in [-0.39, 0.29) is 35.9 Å². The summed E-state index contributed by atoms with van der Waals surface area (Å²) in [6, 6.07) is 0. The molecule has 2 aliphatic heterocycles. The number of nitrogens with one attached hydrogen (secondary N) is 1. The molecule has 7 heteroatoms. The van der Waals surface area contributed by atoms with Crippen LogP contribution < -0.4 is 5.32 Å². The van der Waals surface area contributed by atoms with Gasteiger partial charge in [0, 0.05) is 33.2 Å². The van der Waals surface area contributed by atoms with E-state index in [1.54, 1.807) is 0 Å². The molecular formula is C17H33IN4O2. The fraction of sp³-hybridized carbons (Fsp3) is 0.882. The zero-order valence-electron chi connectivity index (χ0n) is 15.3. The molecule has 0 saturated carbocycles. The van der Waals surface area contributed by atoms with Gasteiger partial charge in [-0.2, -0.15) is 0 Å². The summed E-state index contributed by atoms with van der Waals surface area (Å²) in [5.41, 5.74) is 0. The molecule has 2 heterocycles. The van der Waals surface area contributed by atoms with Crippen LogP contribution in [0.25, 0.3) is 0 Å². The Kier molecular flexibility index (Phi) is 9.95. The van der Waals surface area contributed by atoms with Gasteiger partial charge in [-0.3, -0.25) is 9.79 Å². The first-order valence-corrected chi connectivity index (χ1v) is 9.02. The monoisotopic (exact) mass is 452 g/mol. The van der Waals surface area contributed by atoms with Crippen LogP contribution >= 0.6 is 24.0 Å². The second-order valence-electron chi connectivity index (χ2n) is 6.49. The molecule has 2 fully saturated rings. The van der Waals surface area contributed by atoms with Crippen molar-refractivity contribution in [1.29, 1.82) is 0 Å². The lowest BCUT2D eigenvalue weighted by atomic mass is 9.97. The number of nitrogens with zero attached hydrogens (tertiary/aromatic N) is 3. The van der Waals surface area contributed by atoms with E-state index in [0.29, 0.717) is 12.5 Å². The number of piperidine rings is 1. The van der Waals surface area contributed by atoms with E-state index in [0.717, 1.165) is 45.0 Å². The number of carbonyl (C=O) groups is 1. The normalized spacial score (nSPS) is 23.0. The van der Waals surface area contributed by atoms with Gasteiger partial charge in [0.2, 0.25) is 0 Å². The highest BCUT2D eigenvalue weighted by Crippen LogP contribution is 2.19. The summed E-state index contributed by atoms with van der Waals surface area (Å²) in [5.74, 6) is 1.70. The second kappa shape index (κ2) is 11.1. The highest BCUT2D eigenvalue weighted by atomic mass is 127. The van der Waals surface area contributed by atoms with Gasteiger partial charge in [0.15, 0.2) is 5.96 Å². The van der Waals surface area contributed by atoms with Crippen LogP contribution in [0.2, 0.25) is 0 Å². The van der Waals surface area contributed by atoms with E-state index >= 15 is 0 Å². The lowest BCUT2D eigenvalue weighted by Gasteiger charge is -2.33. The van der Waals surface area contributed by atoms with Crippen LogP contribution in [0.3, 0.4) is 0 Å². The lowest BCUT2D eigenvalue weighted by Crippen LogP contribution is -2.47. The summed E-state index contributed by atoms with van der Waals surface area (Å²) in [7, 11) is 1.84. The molecule has 2 saturated heterocycles. The van der Waals surface area contributed by atoms with Crippen molar-refractivity contribution in [2.75, 3.05) is 52.9 Å². The minimum Gasteiger partial charge on any atom is -0.466 e. The predicted octanol–water partition coefficient (Wildman–Crippen LogP) is 1.80. The number of ether oxygens (including phenoxy) is 1. The van der Waals surface area contributed by atoms with Crippen molar-refractivity contribution in [2.45, 2.75) is 33.1 Å². The summed E-state index contributed by atoms with van der Waals surface area (Å²) < 4.78 is 5.13. The molecule has 140 valence electrons. The van der Waals surface area contributed by atoms with Gasteiger partial charge in [0.25, 0.3) is 0 Å². The van der Waals surface area contributed by atoms with Crippen molar-refractivity contribution in [1.82, 2.24) is 15.1 Å². The van der Waals surface area contributed by atoms with Crippen molar-refractivity contribution in [3.8, 4) is 0 Å². The molecule has 0 aromatic carbocycles. The first kappa shape index (κ1) is 21.5. The highest BCUT2D eigenvalue weighted by Gasteiger charge is 2.28. The molecule has 2 rings (SSSR count). The van der Waals surface area contributed by atoms with E-state index in [2.05, 4.69) is 27.0 Å². The molecule has 1 atom stereocenters. The lowest BCUT2D eigenvalue weighted by molar-refractivity contribution is -0.149. The largest absolute Gasteiger partial charge is 0.466 e. The zero-order chi connectivity index (χ0) is 16.7. The van der Waals surface area contributed by atoms with Crippen LogP contribution in [-0.2, 0) is 9.53 Å². The van der Waals surface area contributed by atoms with Crippen molar-refractivity contribution in [3.63, 3.8) is 0 Å². The summed E-state index contributed by atoms with van der Waals surface area (Å²) in [4.78, 5) is 21.0. The summed E-state index contributed by atoms with van der Waals surface area (Å²) in [5, 5.41) is 3.53. The average molecular weight is 452 g/mol.